The molecule has 0 aliphatic rings. The number of urea groups is 1. The van der Waals surface area contributed by atoms with Crippen molar-refractivity contribution in [1.29, 1.82) is 0 Å². The van der Waals surface area contributed by atoms with E-state index < -0.39 is 17.5 Å². The molecule has 0 aromatic carbocycles. The van der Waals surface area contributed by atoms with E-state index in [4.69, 9.17) is 5.11 Å². The van der Waals surface area contributed by atoms with E-state index in [1.54, 1.807) is 10.9 Å². The number of aryl methyl sites for hydroxylation is 1. The number of nitrogens with one attached hydrogen (secondary N) is 1. The maximum atomic E-state index is 11.9. The second-order valence-corrected chi connectivity index (χ2v) is 4.96. The lowest BCUT2D eigenvalue weighted by molar-refractivity contribution is -0.146. The fraction of sp³-hybridized carbons (Fsp3) is 0.583. The van der Waals surface area contributed by atoms with Crippen LogP contribution in [0.5, 0.6) is 0 Å². The average Bonchev–Trinajstić information content (AvgIpc) is 2.66. The Balaban J connectivity index is 2.66. The molecule has 2 N–H and O–H groups in total. The van der Waals surface area contributed by atoms with Crippen LogP contribution in [0.4, 0.5) is 4.79 Å². The molecule has 19 heavy (non-hydrogen) atoms. The predicted molar refractivity (Wildman–Crippen MR) is 69.7 cm³/mol. The van der Waals surface area contributed by atoms with Gasteiger partial charge in [0.05, 0.1) is 6.20 Å². The first-order valence-corrected chi connectivity index (χ1v) is 5.90. The summed E-state index contributed by atoms with van der Waals surface area (Å²) in [5.74, 6) is -1.05. The molecule has 7 nitrogen and oxygen atoms in total. The number of nitrogens with zero attached hydrogens (tertiary/aromatic N) is 3. The molecule has 0 aliphatic carbocycles. The quantitative estimate of drug-likeness (QED) is 0.842. The predicted octanol–water partition coefficient (Wildman–Crippen LogP) is 0.733. The number of carbonyl (C=O) groups excluding carboxylic acids is 1. The molecule has 0 spiro atoms. The molecule has 0 aliphatic heterocycles. The van der Waals surface area contributed by atoms with Crippen molar-refractivity contribution in [2.45, 2.75) is 32.9 Å². The minimum atomic E-state index is -1.26. The molecule has 1 aromatic heterocycles. The molecule has 0 unspecified atom stereocenters. The van der Waals surface area contributed by atoms with Crippen LogP contribution < -0.4 is 5.32 Å². The number of amides is 2. The number of carbonyl (C=O) groups is 2. The van der Waals surface area contributed by atoms with Gasteiger partial charge in [-0.05, 0) is 20.8 Å². The minimum absolute atomic E-state index is 0.318. The van der Waals surface area contributed by atoms with Crippen LogP contribution in [0.2, 0.25) is 0 Å². The number of hydrogen-bond donors (Lipinski definition) is 2. The van der Waals surface area contributed by atoms with E-state index in [-0.39, 0.29) is 0 Å². The summed E-state index contributed by atoms with van der Waals surface area (Å²) in [7, 11) is 3.28. The summed E-state index contributed by atoms with van der Waals surface area (Å²) in [6.07, 6.45) is 1.68. The molecule has 0 saturated heterocycles. The summed E-state index contributed by atoms with van der Waals surface area (Å²) >= 11 is 0. The average molecular weight is 268 g/mol. The molecule has 0 bridgehead atoms. The van der Waals surface area contributed by atoms with E-state index in [0.717, 1.165) is 11.3 Å². The van der Waals surface area contributed by atoms with Crippen molar-refractivity contribution in [3.8, 4) is 0 Å². The Kier molecular flexibility index (Phi) is 4.18. The van der Waals surface area contributed by atoms with Crippen molar-refractivity contribution < 1.29 is 14.7 Å². The molecule has 106 valence electrons. The van der Waals surface area contributed by atoms with Gasteiger partial charge < -0.3 is 15.3 Å². The Labute approximate surface area is 112 Å². The van der Waals surface area contributed by atoms with E-state index in [2.05, 4.69) is 10.4 Å². The summed E-state index contributed by atoms with van der Waals surface area (Å²) in [5, 5.41) is 15.8. The summed E-state index contributed by atoms with van der Waals surface area (Å²) in [4.78, 5) is 24.1. The Morgan fingerprint density at radius 2 is 2.11 bits per heavy atom. The second-order valence-electron chi connectivity index (χ2n) is 4.96. The van der Waals surface area contributed by atoms with Crippen molar-refractivity contribution in [2.75, 3.05) is 7.05 Å². The lowest BCUT2D eigenvalue weighted by Gasteiger charge is -2.31. The van der Waals surface area contributed by atoms with Crippen molar-refractivity contribution in [3.05, 3.63) is 17.5 Å². The topological polar surface area (TPSA) is 87.5 Å². The number of hydrogen-bond acceptors (Lipinski definition) is 3. The van der Waals surface area contributed by atoms with Crippen LogP contribution in [-0.4, -0.2) is 44.4 Å². The smallest absolute Gasteiger partial charge is 0.329 e. The summed E-state index contributed by atoms with van der Waals surface area (Å²) < 4.78 is 1.71. The summed E-state index contributed by atoms with van der Waals surface area (Å²) in [6.45, 7) is 5.17. The fourth-order valence-corrected chi connectivity index (χ4v) is 1.40. The van der Waals surface area contributed by atoms with Gasteiger partial charge in [0.1, 0.15) is 5.54 Å². The Hall–Kier alpha value is -2.05. The largest absolute Gasteiger partial charge is 0.480 e. The second kappa shape index (κ2) is 5.29. The summed E-state index contributed by atoms with van der Waals surface area (Å²) in [5.41, 5.74) is 0.603. The van der Waals surface area contributed by atoms with Crippen molar-refractivity contribution in [2.24, 2.45) is 7.05 Å². The third-order valence-electron chi connectivity index (χ3n) is 3.43. The van der Waals surface area contributed by atoms with Crippen molar-refractivity contribution >= 4 is 12.0 Å². The molecule has 0 radical (unpaired) electrons. The minimum Gasteiger partial charge on any atom is -0.480 e. The lowest BCUT2D eigenvalue weighted by atomic mass is 10.1. The number of carboxylic acids is 1. The van der Waals surface area contributed by atoms with Crippen LogP contribution in [0.3, 0.4) is 0 Å². The normalized spacial score (nSPS) is 11.2. The SMILES string of the molecule is Cc1c(CNC(=O)N(C)C(C)(C)C(=O)O)cnn1C. The zero-order valence-corrected chi connectivity index (χ0v) is 11.9. The van der Waals surface area contributed by atoms with Crippen molar-refractivity contribution in [1.82, 2.24) is 20.0 Å². The molecular weight excluding hydrogens is 248 g/mol. The third kappa shape index (κ3) is 3.04. The van der Waals surface area contributed by atoms with Gasteiger partial charge in [-0.15, -0.1) is 0 Å². The van der Waals surface area contributed by atoms with Crippen LogP contribution >= 0.6 is 0 Å². The third-order valence-corrected chi connectivity index (χ3v) is 3.43. The lowest BCUT2D eigenvalue weighted by Crippen LogP contribution is -2.53. The zero-order valence-electron chi connectivity index (χ0n) is 11.9. The summed E-state index contributed by atoms with van der Waals surface area (Å²) in [6, 6.07) is -0.435. The van der Waals surface area contributed by atoms with Crippen molar-refractivity contribution in [3.63, 3.8) is 0 Å². The fourth-order valence-electron chi connectivity index (χ4n) is 1.40. The highest BCUT2D eigenvalue weighted by atomic mass is 16.4. The van der Waals surface area contributed by atoms with Crippen LogP contribution in [0, 0.1) is 6.92 Å². The van der Waals surface area contributed by atoms with Gasteiger partial charge in [0.2, 0.25) is 0 Å². The zero-order chi connectivity index (χ0) is 14.8. The van der Waals surface area contributed by atoms with Crippen LogP contribution in [0.15, 0.2) is 6.20 Å². The van der Waals surface area contributed by atoms with Gasteiger partial charge in [0.25, 0.3) is 0 Å². The highest BCUT2D eigenvalue weighted by molar-refractivity contribution is 5.85. The number of aliphatic carboxylic acids is 1. The first-order valence-electron chi connectivity index (χ1n) is 5.90. The molecule has 1 aromatic rings. The highest BCUT2D eigenvalue weighted by Crippen LogP contribution is 2.13. The first kappa shape index (κ1) is 15.0. The maximum Gasteiger partial charge on any atom is 0.329 e. The molecule has 7 heteroatoms. The molecule has 0 atom stereocenters. The van der Waals surface area contributed by atoms with Gasteiger partial charge >= 0.3 is 12.0 Å². The standard InChI is InChI=1S/C12H20N4O3/c1-8-9(7-14-16(8)5)6-13-11(19)15(4)12(2,3)10(17)18/h7H,6H2,1-5H3,(H,13,19)(H,17,18). The van der Waals surface area contributed by atoms with Crippen LogP contribution in [-0.2, 0) is 18.4 Å². The monoisotopic (exact) mass is 268 g/mol. The van der Waals surface area contributed by atoms with E-state index in [0.29, 0.717) is 6.54 Å². The maximum absolute atomic E-state index is 11.9. The number of aromatic nitrogens is 2. The molecule has 1 rings (SSSR count). The Morgan fingerprint density at radius 1 is 1.53 bits per heavy atom. The van der Waals surface area contributed by atoms with E-state index in [9.17, 15) is 9.59 Å². The Bertz CT molecular complexity index is 493. The molecule has 0 saturated carbocycles. The van der Waals surface area contributed by atoms with E-state index >= 15 is 0 Å². The van der Waals surface area contributed by atoms with Gasteiger partial charge in [0, 0.05) is 31.9 Å². The number of likely N-dealkylation sites (N-methyl/N-ethyl adjacent to an activating group) is 1. The van der Waals surface area contributed by atoms with Gasteiger partial charge in [-0.2, -0.15) is 5.10 Å². The van der Waals surface area contributed by atoms with Crippen LogP contribution in [0.1, 0.15) is 25.1 Å². The molecule has 2 amide bonds. The Morgan fingerprint density at radius 3 is 2.53 bits per heavy atom. The number of carboxylic acid groups (broad SMARTS) is 1. The molecular formula is C12H20N4O3. The van der Waals surface area contributed by atoms with Gasteiger partial charge in [-0.1, -0.05) is 0 Å². The van der Waals surface area contributed by atoms with E-state index in [1.807, 2.05) is 14.0 Å². The highest BCUT2D eigenvalue weighted by Gasteiger charge is 2.35. The molecule has 1 heterocycles. The van der Waals surface area contributed by atoms with Gasteiger partial charge in [-0.25, -0.2) is 9.59 Å². The van der Waals surface area contributed by atoms with Gasteiger partial charge in [-0.3, -0.25) is 4.68 Å². The molecule has 0 fully saturated rings. The van der Waals surface area contributed by atoms with E-state index in [1.165, 1.54) is 25.8 Å². The first-order chi connectivity index (χ1) is 8.67. The number of rotatable bonds is 4. The van der Waals surface area contributed by atoms with Gasteiger partial charge in [0.15, 0.2) is 0 Å². The van der Waals surface area contributed by atoms with Crippen LogP contribution in [0.25, 0.3) is 0 Å².